The number of carboxylic acids is 1. The molecule has 1 heterocycles. The fourth-order valence-electron chi connectivity index (χ4n) is 2.22. The van der Waals surface area contributed by atoms with Gasteiger partial charge in [0.1, 0.15) is 5.52 Å². The fraction of sp³-hybridized carbons (Fsp3) is 0.176. The first-order valence-corrected chi connectivity index (χ1v) is 6.80. The van der Waals surface area contributed by atoms with Gasteiger partial charge in [0.2, 0.25) is 0 Å². The number of rotatable bonds is 4. The molecule has 1 N–H and O–H groups in total. The number of fused-ring (bicyclic) bond motifs is 1. The van der Waals surface area contributed by atoms with Crippen molar-refractivity contribution in [3.05, 3.63) is 65.0 Å². The van der Waals surface area contributed by atoms with E-state index in [-0.39, 0.29) is 5.56 Å². The quantitative estimate of drug-likeness (QED) is 0.793. The number of hydrogen-bond acceptors (Lipinski definition) is 3. The third-order valence-electron chi connectivity index (χ3n) is 3.43. The molecule has 0 spiro atoms. The zero-order valence-electron chi connectivity index (χ0n) is 11.7. The Labute approximate surface area is 122 Å². The van der Waals surface area contributed by atoms with E-state index in [1.165, 1.54) is 23.3 Å². The Hall–Kier alpha value is -2.62. The Bertz CT molecular complexity index is 787. The van der Waals surface area contributed by atoms with Crippen LogP contribution in [0.2, 0.25) is 0 Å². The summed E-state index contributed by atoms with van der Waals surface area (Å²) in [6, 6.07) is 13.1. The van der Waals surface area contributed by atoms with E-state index < -0.39 is 5.97 Å². The summed E-state index contributed by atoms with van der Waals surface area (Å²) < 4.78 is 5.64. The SMILES string of the molecule is Cc1ccc(CCc2nc3cc(C(=O)O)ccc3o2)cc1. The van der Waals surface area contributed by atoms with Crippen LogP contribution in [0.25, 0.3) is 11.1 Å². The number of hydrogen-bond donors (Lipinski definition) is 1. The number of carboxylic acid groups (broad SMARTS) is 1. The molecule has 0 saturated carbocycles. The normalized spacial score (nSPS) is 10.9. The van der Waals surface area contributed by atoms with Gasteiger partial charge in [-0.1, -0.05) is 29.8 Å². The van der Waals surface area contributed by atoms with Crippen LogP contribution in [-0.4, -0.2) is 16.1 Å². The van der Waals surface area contributed by atoms with Gasteiger partial charge in [0, 0.05) is 6.42 Å². The zero-order valence-corrected chi connectivity index (χ0v) is 11.7. The predicted octanol–water partition coefficient (Wildman–Crippen LogP) is 3.62. The van der Waals surface area contributed by atoms with Gasteiger partial charge in [-0.05, 0) is 37.1 Å². The van der Waals surface area contributed by atoms with Crippen LogP contribution in [0.5, 0.6) is 0 Å². The average Bonchev–Trinajstić information content (AvgIpc) is 2.88. The largest absolute Gasteiger partial charge is 0.478 e. The molecule has 4 nitrogen and oxygen atoms in total. The highest BCUT2D eigenvalue weighted by molar-refractivity contribution is 5.91. The molecule has 0 aliphatic carbocycles. The Morgan fingerprint density at radius 1 is 1.14 bits per heavy atom. The van der Waals surface area contributed by atoms with Crippen molar-refractivity contribution >= 4 is 17.1 Å². The highest BCUT2D eigenvalue weighted by Crippen LogP contribution is 2.18. The number of aromatic carboxylic acids is 1. The summed E-state index contributed by atoms with van der Waals surface area (Å²) in [6.07, 6.45) is 1.54. The van der Waals surface area contributed by atoms with Crippen molar-refractivity contribution in [2.75, 3.05) is 0 Å². The van der Waals surface area contributed by atoms with Crippen molar-refractivity contribution < 1.29 is 14.3 Å². The summed E-state index contributed by atoms with van der Waals surface area (Å²) in [5.41, 5.74) is 3.91. The molecule has 3 aromatic rings. The summed E-state index contributed by atoms with van der Waals surface area (Å²) in [5, 5.41) is 8.97. The lowest BCUT2D eigenvalue weighted by atomic mass is 10.1. The molecule has 106 valence electrons. The lowest BCUT2D eigenvalue weighted by molar-refractivity contribution is 0.0697. The first-order chi connectivity index (χ1) is 10.1. The van der Waals surface area contributed by atoms with Gasteiger partial charge in [-0.25, -0.2) is 9.78 Å². The minimum atomic E-state index is -0.957. The predicted molar refractivity (Wildman–Crippen MR) is 79.6 cm³/mol. The van der Waals surface area contributed by atoms with E-state index in [1.807, 2.05) is 0 Å². The van der Waals surface area contributed by atoms with Gasteiger partial charge in [-0.3, -0.25) is 0 Å². The van der Waals surface area contributed by atoms with Gasteiger partial charge in [-0.2, -0.15) is 0 Å². The molecule has 0 bridgehead atoms. The molecule has 0 amide bonds. The lowest BCUT2D eigenvalue weighted by Gasteiger charge is -1.99. The van der Waals surface area contributed by atoms with Crippen molar-refractivity contribution in [1.29, 1.82) is 0 Å². The average molecular weight is 281 g/mol. The smallest absolute Gasteiger partial charge is 0.335 e. The number of benzene rings is 2. The summed E-state index contributed by atoms with van der Waals surface area (Å²) in [6.45, 7) is 2.06. The molecule has 0 aliphatic heterocycles. The fourth-order valence-corrected chi connectivity index (χ4v) is 2.22. The molecule has 4 heteroatoms. The van der Waals surface area contributed by atoms with Crippen LogP contribution >= 0.6 is 0 Å². The van der Waals surface area contributed by atoms with Gasteiger partial charge in [-0.15, -0.1) is 0 Å². The van der Waals surface area contributed by atoms with Crippen LogP contribution in [0.4, 0.5) is 0 Å². The van der Waals surface area contributed by atoms with Crippen molar-refractivity contribution in [3.8, 4) is 0 Å². The molecule has 0 aliphatic rings. The summed E-state index contributed by atoms with van der Waals surface area (Å²) in [5.74, 6) is -0.325. The van der Waals surface area contributed by atoms with Gasteiger partial charge >= 0.3 is 5.97 Å². The van der Waals surface area contributed by atoms with Crippen molar-refractivity contribution in [2.45, 2.75) is 19.8 Å². The molecule has 2 aromatic carbocycles. The minimum absolute atomic E-state index is 0.223. The Morgan fingerprint density at radius 2 is 1.90 bits per heavy atom. The molecule has 21 heavy (non-hydrogen) atoms. The van der Waals surface area contributed by atoms with E-state index in [0.717, 1.165) is 6.42 Å². The van der Waals surface area contributed by atoms with Crippen LogP contribution in [0, 0.1) is 6.92 Å². The highest BCUT2D eigenvalue weighted by Gasteiger charge is 2.09. The lowest BCUT2D eigenvalue weighted by Crippen LogP contribution is -1.94. The number of oxazole rings is 1. The second kappa shape index (κ2) is 5.40. The van der Waals surface area contributed by atoms with E-state index in [4.69, 9.17) is 9.52 Å². The van der Waals surface area contributed by atoms with Gasteiger partial charge in [0.15, 0.2) is 11.5 Å². The first kappa shape index (κ1) is 13.4. The van der Waals surface area contributed by atoms with Gasteiger partial charge in [0.25, 0.3) is 0 Å². The summed E-state index contributed by atoms with van der Waals surface area (Å²) >= 11 is 0. The van der Waals surface area contributed by atoms with Gasteiger partial charge in [0.05, 0.1) is 5.56 Å². The number of aryl methyl sites for hydroxylation is 3. The number of aromatic nitrogens is 1. The molecular formula is C17H15NO3. The number of carbonyl (C=O) groups is 1. The van der Waals surface area contributed by atoms with Crippen molar-refractivity contribution in [3.63, 3.8) is 0 Å². The van der Waals surface area contributed by atoms with E-state index in [2.05, 4.69) is 36.2 Å². The van der Waals surface area contributed by atoms with Crippen LogP contribution in [0.3, 0.4) is 0 Å². The van der Waals surface area contributed by atoms with E-state index in [1.54, 1.807) is 6.07 Å². The third-order valence-corrected chi connectivity index (χ3v) is 3.43. The Morgan fingerprint density at radius 3 is 2.62 bits per heavy atom. The molecular weight excluding hydrogens is 266 g/mol. The maximum atomic E-state index is 10.9. The van der Waals surface area contributed by atoms with Crippen LogP contribution < -0.4 is 0 Å². The van der Waals surface area contributed by atoms with E-state index in [0.29, 0.717) is 23.4 Å². The summed E-state index contributed by atoms with van der Waals surface area (Å²) in [7, 11) is 0. The molecule has 0 fully saturated rings. The third kappa shape index (κ3) is 2.94. The van der Waals surface area contributed by atoms with Crippen molar-refractivity contribution in [2.24, 2.45) is 0 Å². The highest BCUT2D eigenvalue weighted by atomic mass is 16.4. The van der Waals surface area contributed by atoms with Crippen LogP contribution in [0.1, 0.15) is 27.4 Å². The summed E-state index contributed by atoms with van der Waals surface area (Å²) in [4.78, 5) is 15.3. The minimum Gasteiger partial charge on any atom is -0.478 e. The van der Waals surface area contributed by atoms with Crippen molar-refractivity contribution in [1.82, 2.24) is 4.98 Å². The Balaban J connectivity index is 1.78. The Kier molecular flexibility index (Phi) is 3.44. The zero-order chi connectivity index (χ0) is 14.8. The molecule has 0 saturated heterocycles. The molecule has 0 radical (unpaired) electrons. The van der Waals surface area contributed by atoms with E-state index >= 15 is 0 Å². The maximum absolute atomic E-state index is 10.9. The standard InChI is InChI=1S/C17H15NO3/c1-11-2-4-12(5-3-11)6-9-16-18-14-10-13(17(19)20)7-8-15(14)21-16/h2-5,7-8,10H,6,9H2,1H3,(H,19,20). The monoisotopic (exact) mass is 281 g/mol. The molecule has 0 unspecified atom stereocenters. The molecule has 3 rings (SSSR count). The number of nitrogens with zero attached hydrogens (tertiary/aromatic N) is 1. The topological polar surface area (TPSA) is 63.3 Å². The molecule has 0 atom stereocenters. The first-order valence-electron chi connectivity index (χ1n) is 6.80. The van der Waals surface area contributed by atoms with E-state index in [9.17, 15) is 4.79 Å². The second-order valence-corrected chi connectivity index (χ2v) is 5.08. The molecule has 1 aromatic heterocycles. The second-order valence-electron chi connectivity index (χ2n) is 5.08. The van der Waals surface area contributed by atoms with Crippen LogP contribution in [0.15, 0.2) is 46.9 Å². The van der Waals surface area contributed by atoms with Crippen LogP contribution in [-0.2, 0) is 12.8 Å². The van der Waals surface area contributed by atoms with Gasteiger partial charge < -0.3 is 9.52 Å². The maximum Gasteiger partial charge on any atom is 0.335 e.